The minimum Gasteiger partial charge on any atom is -0.506 e. The van der Waals surface area contributed by atoms with Crippen LogP contribution in [0.1, 0.15) is 36.8 Å². The number of benzene rings is 1. The van der Waals surface area contributed by atoms with E-state index in [0.717, 1.165) is 43.9 Å². The van der Waals surface area contributed by atoms with Crippen LogP contribution < -0.4 is 15.5 Å². The second-order valence-electron chi connectivity index (χ2n) is 7.54. The summed E-state index contributed by atoms with van der Waals surface area (Å²) in [5.41, 5.74) is 2.05. The summed E-state index contributed by atoms with van der Waals surface area (Å²) in [4.78, 5) is 28.0. The molecule has 1 aromatic carbocycles. The molecule has 3 aromatic rings. The smallest absolute Gasteiger partial charge is 0.287 e. The Kier molecular flexibility index (Phi) is 5.69. The lowest BCUT2D eigenvalue weighted by molar-refractivity contribution is 0.0940. The van der Waals surface area contributed by atoms with Crippen LogP contribution >= 0.6 is 0 Å². The summed E-state index contributed by atoms with van der Waals surface area (Å²) in [5.74, 6) is 1.16. The first-order chi connectivity index (χ1) is 14.6. The van der Waals surface area contributed by atoms with E-state index >= 15 is 0 Å². The molecule has 0 spiro atoms. The van der Waals surface area contributed by atoms with Crippen molar-refractivity contribution in [1.29, 1.82) is 0 Å². The maximum atomic E-state index is 12.4. The molecule has 1 amide bonds. The number of hydrogen-bond donors (Lipinski definition) is 3. The highest BCUT2D eigenvalue weighted by molar-refractivity contribution is 5.96. The van der Waals surface area contributed by atoms with Gasteiger partial charge in [0.1, 0.15) is 12.1 Å². The van der Waals surface area contributed by atoms with E-state index < -0.39 is 0 Å². The average Bonchev–Trinajstić information content (AvgIpc) is 3.11. The second-order valence-corrected chi connectivity index (χ2v) is 7.54. The van der Waals surface area contributed by atoms with Crippen LogP contribution in [0, 0.1) is 0 Å². The highest BCUT2D eigenvalue weighted by Gasteiger charge is 2.25. The van der Waals surface area contributed by atoms with E-state index in [4.69, 9.17) is 0 Å². The number of carbonyl (C=O) groups is 1. The summed E-state index contributed by atoms with van der Waals surface area (Å²) in [7, 11) is 1.80. The summed E-state index contributed by atoms with van der Waals surface area (Å²) in [5, 5.41) is 16.3. The van der Waals surface area contributed by atoms with E-state index in [1.165, 1.54) is 6.33 Å². The Morgan fingerprint density at radius 1 is 1.23 bits per heavy atom. The zero-order chi connectivity index (χ0) is 21.1. The van der Waals surface area contributed by atoms with Gasteiger partial charge in [0.25, 0.3) is 5.91 Å². The number of piperidine rings is 1. The Morgan fingerprint density at radius 2 is 2.00 bits per heavy atom. The van der Waals surface area contributed by atoms with Gasteiger partial charge >= 0.3 is 0 Å². The number of rotatable bonds is 6. The lowest BCUT2D eigenvalue weighted by Crippen LogP contribution is -2.39. The molecule has 158 valence electrons. The van der Waals surface area contributed by atoms with Crippen LogP contribution in [0.5, 0.6) is 5.75 Å². The van der Waals surface area contributed by atoms with Crippen LogP contribution in [-0.2, 0) is 7.05 Å². The second kappa shape index (κ2) is 8.56. The third kappa shape index (κ3) is 3.87. The maximum absolute atomic E-state index is 12.4. The third-order valence-corrected chi connectivity index (χ3v) is 5.43. The number of fused-ring (bicyclic) bond motifs is 1. The summed E-state index contributed by atoms with van der Waals surface area (Å²) >= 11 is 0. The van der Waals surface area contributed by atoms with Crippen LogP contribution in [0.3, 0.4) is 0 Å². The minimum atomic E-state index is -0.200. The molecule has 1 aliphatic heterocycles. The lowest BCUT2D eigenvalue weighted by atomic mass is 10.0. The van der Waals surface area contributed by atoms with Crippen LogP contribution in [0.4, 0.5) is 11.5 Å². The summed E-state index contributed by atoms with van der Waals surface area (Å²) in [6.45, 7) is 4.21. The number of hydrogen-bond acceptors (Lipinski definition) is 7. The Labute approximate surface area is 175 Å². The first-order valence-corrected chi connectivity index (χ1v) is 10.3. The fraction of sp³-hybridized carbons (Fsp3) is 0.429. The molecule has 0 radical (unpaired) electrons. The number of phenols is 1. The lowest BCUT2D eigenvalue weighted by Gasteiger charge is -2.33. The van der Waals surface area contributed by atoms with Crippen LogP contribution in [0.25, 0.3) is 11.2 Å². The standard InChI is InChI=1S/C21H27N7O2/c1-3-10-22-21(30)20-26-17-18(27(20)2)23-13-24-19(17)28-11-8-14(9-12-28)25-15-6-4-5-7-16(15)29/h4-7,13-14,25,29H,3,8-12H2,1-2H3,(H,22,30). The Balaban J connectivity index is 1.50. The van der Waals surface area contributed by atoms with Gasteiger partial charge in [0, 0.05) is 32.7 Å². The molecule has 0 bridgehead atoms. The summed E-state index contributed by atoms with van der Waals surface area (Å²) in [6, 6.07) is 7.56. The first kappa shape index (κ1) is 19.9. The molecule has 4 rings (SSSR count). The number of nitrogens with zero attached hydrogens (tertiary/aromatic N) is 5. The van der Waals surface area contributed by atoms with Gasteiger partial charge in [0.15, 0.2) is 17.0 Å². The first-order valence-electron chi connectivity index (χ1n) is 10.3. The van der Waals surface area contributed by atoms with Crippen LogP contribution in [0.15, 0.2) is 30.6 Å². The Morgan fingerprint density at radius 3 is 2.73 bits per heavy atom. The van der Waals surface area contributed by atoms with Crippen molar-refractivity contribution in [3.05, 3.63) is 36.4 Å². The van der Waals surface area contributed by atoms with E-state index in [2.05, 4.69) is 30.5 Å². The van der Waals surface area contributed by atoms with Gasteiger partial charge in [-0.2, -0.15) is 0 Å². The van der Waals surface area contributed by atoms with E-state index in [1.807, 2.05) is 25.1 Å². The molecular weight excluding hydrogens is 382 g/mol. The molecule has 0 saturated carbocycles. The fourth-order valence-electron chi connectivity index (χ4n) is 3.79. The van der Waals surface area contributed by atoms with Crippen LogP contribution in [-0.4, -0.2) is 56.2 Å². The topological polar surface area (TPSA) is 108 Å². The number of aromatic nitrogens is 4. The largest absolute Gasteiger partial charge is 0.506 e. The van der Waals surface area contributed by atoms with E-state index in [0.29, 0.717) is 23.5 Å². The predicted molar refractivity (Wildman–Crippen MR) is 116 cm³/mol. The SMILES string of the molecule is CCCNC(=O)c1nc2c(N3CCC(Nc4ccccc4O)CC3)ncnc2n1C. The molecule has 9 heteroatoms. The van der Waals surface area contributed by atoms with Crippen LogP contribution in [0.2, 0.25) is 0 Å². The average molecular weight is 409 g/mol. The summed E-state index contributed by atoms with van der Waals surface area (Å²) < 4.78 is 1.72. The quantitative estimate of drug-likeness (QED) is 0.536. The van der Waals surface area contributed by atoms with Gasteiger partial charge in [0.05, 0.1) is 5.69 Å². The number of imidazole rings is 1. The van der Waals surface area contributed by atoms with Crippen molar-refractivity contribution in [2.75, 3.05) is 29.9 Å². The van der Waals surface area contributed by atoms with Crippen molar-refractivity contribution in [3.8, 4) is 5.75 Å². The fourth-order valence-corrected chi connectivity index (χ4v) is 3.79. The molecule has 0 unspecified atom stereocenters. The van der Waals surface area contributed by atoms with Crippen molar-refractivity contribution < 1.29 is 9.90 Å². The Bertz CT molecular complexity index is 1040. The molecule has 2 aromatic heterocycles. The molecule has 1 aliphatic rings. The molecule has 3 heterocycles. The van der Waals surface area contributed by atoms with E-state index in [-0.39, 0.29) is 17.7 Å². The third-order valence-electron chi connectivity index (χ3n) is 5.43. The maximum Gasteiger partial charge on any atom is 0.287 e. The highest BCUT2D eigenvalue weighted by Crippen LogP contribution is 2.28. The normalized spacial score (nSPS) is 14.8. The molecule has 30 heavy (non-hydrogen) atoms. The number of phenolic OH excluding ortho intramolecular Hbond substituents is 1. The molecule has 0 atom stereocenters. The van der Waals surface area contributed by atoms with Gasteiger partial charge in [-0.15, -0.1) is 0 Å². The van der Waals surface area contributed by atoms with Crippen molar-refractivity contribution in [2.24, 2.45) is 7.05 Å². The molecule has 0 aliphatic carbocycles. The zero-order valence-electron chi connectivity index (χ0n) is 17.3. The molecule has 9 nitrogen and oxygen atoms in total. The molecule has 3 N–H and O–H groups in total. The minimum absolute atomic E-state index is 0.200. The number of carbonyl (C=O) groups excluding carboxylic acids is 1. The van der Waals surface area contributed by atoms with E-state index in [9.17, 15) is 9.90 Å². The van der Waals surface area contributed by atoms with Gasteiger partial charge in [-0.25, -0.2) is 15.0 Å². The number of aryl methyl sites for hydroxylation is 1. The Hall–Kier alpha value is -3.36. The number of nitrogens with one attached hydrogen (secondary N) is 2. The van der Waals surface area contributed by atoms with Crippen molar-refractivity contribution in [2.45, 2.75) is 32.2 Å². The van der Waals surface area contributed by atoms with Gasteiger partial charge in [0.2, 0.25) is 5.82 Å². The number of amides is 1. The van der Waals surface area contributed by atoms with Crippen molar-refractivity contribution >= 4 is 28.6 Å². The molecule has 1 saturated heterocycles. The predicted octanol–water partition coefficient (Wildman–Crippen LogP) is 2.29. The number of aromatic hydroxyl groups is 1. The van der Waals surface area contributed by atoms with Gasteiger partial charge in [-0.05, 0) is 31.4 Å². The van der Waals surface area contributed by atoms with Crippen molar-refractivity contribution in [1.82, 2.24) is 24.8 Å². The van der Waals surface area contributed by atoms with Crippen molar-refractivity contribution in [3.63, 3.8) is 0 Å². The van der Waals surface area contributed by atoms with E-state index in [1.54, 1.807) is 17.7 Å². The van der Waals surface area contributed by atoms with Gasteiger partial charge in [-0.3, -0.25) is 4.79 Å². The zero-order valence-corrected chi connectivity index (χ0v) is 17.3. The monoisotopic (exact) mass is 409 g/mol. The molecule has 1 fully saturated rings. The summed E-state index contributed by atoms with van der Waals surface area (Å²) in [6.07, 6.45) is 4.19. The highest BCUT2D eigenvalue weighted by atomic mass is 16.3. The number of para-hydroxylation sites is 2. The van der Waals surface area contributed by atoms with Gasteiger partial charge in [-0.1, -0.05) is 19.1 Å². The molecular formula is C21H27N7O2. The van der Waals surface area contributed by atoms with Gasteiger partial charge < -0.3 is 25.2 Å². The number of anilines is 2.